The minimum atomic E-state index is -0.711. The number of aromatic nitrogens is 2. The molecule has 0 aliphatic carbocycles. The molecule has 2 heterocycles. The van der Waals surface area contributed by atoms with E-state index in [9.17, 15) is 9.90 Å². The molecule has 24 heavy (non-hydrogen) atoms. The number of esters is 1. The molecular weight excluding hydrogens is 332 g/mol. The molecule has 2 aromatic heterocycles. The normalized spacial score (nSPS) is 10.6. The number of ether oxygens (including phenoxy) is 2. The highest BCUT2D eigenvalue weighted by atomic mass is 35.5. The number of halogens is 1. The van der Waals surface area contributed by atoms with Gasteiger partial charge in [0.05, 0.1) is 18.3 Å². The Morgan fingerprint density at radius 2 is 2.00 bits per heavy atom. The van der Waals surface area contributed by atoms with Crippen LogP contribution in [0.4, 0.5) is 0 Å². The van der Waals surface area contributed by atoms with Gasteiger partial charge in [0.15, 0.2) is 11.4 Å². The molecule has 3 rings (SSSR count). The van der Waals surface area contributed by atoms with Crippen molar-refractivity contribution in [3.63, 3.8) is 0 Å². The molecular formula is C17H13ClN2O4. The highest BCUT2D eigenvalue weighted by Crippen LogP contribution is 2.31. The summed E-state index contributed by atoms with van der Waals surface area (Å²) in [5, 5.41) is 11.2. The highest BCUT2D eigenvalue weighted by molar-refractivity contribution is 6.30. The molecule has 0 unspecified atom stereocenters. The number of carbonyl (C=O) groups excluding carboxylic acids is 1. The van der Waals surface area contributed by atoms with Gasteiger partial charge in [-0.15, -0.1) is 0 Å². The Kier molecular flexibility index (Phi) is 4.22. The van der Waals surface area contributed by atoms with E-state index < -0.39 is 5.97 Å². The maximum absolute atomic E-state index is 11.7. The van der Waals surface area contributed by atoms with Crippen molar-refractivity contribution in [2.45, 2.75) is 6.92 Å². The number of pyridine rings is 2. The molecule has 0 bridgehead atoms. The first-order chi connectivity index (χ1) is 11.5. The van der Waals surface area contributed by atoms with Gasteiger partial charge in [-0.2, -0.15) is 0 Å². The van der Waals surface area contributed by atoms with Crippen molar-refractivity contribution in [3.8, 4) is 17.4 Å². The number of benzene rings is 1. The third kappa shape index (κ3) is 2.96. The topological polar surface area (TPSA) is 81.5 Å². The van der Waals surface area contributed by atoms with Gasteiger partial charge in [0.1, 0.15) is 5.75 Å². The molecule has 1 N–H and O–H groups in total. The lowest BCUT2D eigenvalue weighted by Crippen LogP contribution is -2.07. The number of hydrogen-bond acceptors (Lipinski definition) is 6. The summed E-state index contributed by atoms with van der Waals surface area (Å²) in [5.41, 5.74) is 0.757. The number of fused-ring (bicyclic) bond motifs is 1. The highest BCUT2D eigenvalue weighted by Gasteiger charge is 2.19. The molecule has 0 amide bonds. The first-order valence-electron chi connectivity index (χ1n) is 7.01. The summed E-state index contributed by atoms with van der Waals surface area (Å²) >= 11 is 5.93. The Labute approximate surface area is 142 Å². The zero-order valence-corrected chi connectivity index (χ0v) is 13.7. The maximum atomic E-state index is 11.7. The van der Waals surface area contributed by atoms with Crippen LogP contribution >= 0.6 is 11.6 Å². The lowest BCUT2D eigenvalue weighted by molar-refractivity contribution is 0.0590. The summed E-state index contributed by atoms with van der Waals surface area (Å²) in [4.78, 5) is 20.1. The molecule has 7 heteroatoms. The third-order valence-electron chi connectivity index (χ3n) is 3.37. The fourth-order valence-corrected chi connectivity index (χ4v) is 2.44. The molecule has 0 atom stereocenters. The van der Waals surface area contributed by atoms with Crippen LogP contribution in [0.5, 0.6) is 17.4 Å². The Morgan fingerprint density at radius 3 is 2.71 bits per heavy atom. The largest absolute Gasteiger partial charge is 0.505 e. The second kappa shape index (κ2) is 6.33. The van der Waals surface area contributed by atoms with Crippen LogP contribution in [0, 0.1) is 6.92 Å². The van der Waals surface area contributed by atoms with Crippen molar-refractivity contribution in [2.24, 2.45) is 0 Å². The van der Waals surface area contributed by atoms with Crippen molar-refractivity contribution in [2.75, 3.05) is 7.11 Å². The van der Waals surface area contributed by atoms with Gasteiger partial charge in [0.25, 0.3) is 0 Å². The Hall–Kier alpha value is -2.86. The predicted molar refractivity (Wildman–Crippen MR) is 88.8 cm³/mol. The molecule has 122 valence electrons. The van der Waals surface area contributed by atoms with Gasteiger partial charge < -0.3 is 14.6 Å². The van der Waals surface area contributed by atoms with Crippen LogP contribution in [0.15, 0.2) is 36.4 Å². The van der Waals surface area contributed by atoms with Gasteiger partial charge in [0.2, 0.25) is 5.88 Å². The van der Waals surface area contributed by atoms with Crippen LogP contribution in [-0.2, 0) is 4.74 Å². The SMILES string of the molecule is COC(=O)c1nc(C)c2nc(Oc3cccc(Cl)c3)ccc2c1O. The number of aryl methyl sites for hydroxylation is 1. The molecule has 0 saturated carbocycles. The predicted octanol–water partition coefficient (Wildman–Crippen LogP) is 3.88. The Morgan fingerprint density at radius 1 is 1.21 bits per heavy atom. The first-order valence-corrected chi connectivity index (χ1v) is 7.39. The molecule has 0 aliphatic rings. The van der Waals surface area contributed by atoms with Crippen LogP contribution in [0.25, 0.3) is 10.9 Å². The van der Waals surface area contributed by atoms with Gasteiger partial charge in [-0.3, -0.25) is 0 Å². The van der Waals surface area contributed by atoms with Crippen LogP contribution < -0.4 is 4.74 Å². The Balaban J connectivity index is 2.05. The minimum Gasteiger partial charge on any atom is -0.505 e. The zero-order valence-electron chi connectivity index (χ0n) is 12.9. The van der Waals surface area contributed by atoms with Crippen LogP contribution in [-0.4, -0.2) is 28.2 Å². The van der Waals surface area contributed by atoms with E-state index in [2.05, 4.69) is 14.7 Å². The van der Waals surface area contributed by atoms with E-state index in [1.807, 2.05) is 0 Å². The van der Waals surface area contributed by atoms with Crippen molar-refractivity contribution >= 4 is 28.5 Å². The summed E-state index contributed by atoms with van der Waals surface area (Å²) in [5.74, 6) is -0.128. The van der Waals surface area contributed by atoms with Crippen molar-refractivity contribution in [3.05, 3.63) is 52.8 Å². The van der Waals surface area contributed by atoms with Gasteiger partial charge in [0, 0.05) is 16.5 Å². The van der Waals surface area contributed by atoms with E-state index in [0.29, 0.717) is 33.2 Å². The van der Waals surface area contributed by atoms with E-state index in [0.717, 1.165) is 0 Å². The minimum absolute atomic E-state index is 0.146. The molecule has 0 spiro atoms. The van der Waals surface area contributed by atoms with E-state index in [1.54, 1.807) is 43.3 Å². The van der Waals surface area contributed by atoms with Gasteiger partial charge in [-0.05, 0) is 31.2 Å². The number of methoxy groups -OCH3 is 1. The molecule has 6 nitrogen and oxygen atoms in total. The van der Waals surface area contributed by atoms with Gasteiger partial charge >= 0.3 is 5.97 Å². The number of aromatic hydroxyl groups is 1. The van der Waals surface area contributed by atoms with E-state index in [1.165, 1.54) is 7.11 Å². The fourth-order valence-electron chi connectivity index (χ4n) is 2.26. The maximum Gasteiger partial charge on any atom is 0.360 e. The van der Waals surface area contributed by atoms with Gasteiger partial charge in [-0.1, -0.05) is 17.7 Å². The summed E-state index contributed by atoms with van der Waals surface area (Å²) in [6, 6.07) is 10.1. The average molecular weight is 345 g/mol. The fraction of sp³-hybridized carbons (Fsp3) is 0.118. The standard InChI is InChI=1S/C17H13ClN2O4/c1-9-14-12(16(21)15(19-9)17(22)23-2)6-7-13(20-14)24-11-5-3-4-10(18)8-11/h3-8,21H,1-2H3. The number of rotatable bonds is 3. The monoisotopic (exact) mass is 344 g/mol. The molecule has 1 aromatic carbocycles. The number of nitrogens with zero attached hydrogens (tertiary/aromatic N) is 2. The molecule has 0 aliphatic heterocycles. The first kappa shape index (κ1) is 16.0. The second-order valence-corrected chi connectivity index (χ2v) is 5.43. The van der Waals surface area contributed by atoms with Crippen molar-refractivity contribution < 1.29 is 19.4 Å². The average Bonchev–Trinajstić information content (AvgIpc) is 2.57. The summed E-state index contributed by atoms with van der Waals surface area (Å²) in [6.45, 7) is 1.68. The summed E-state index contributed by atoms with van der Waals surface area (Å²) in [6.07, 6.45) is 0. The Bertz CT molecular complexity index is 943. The molecule has 0 radical (unpaired) electrons. The smallest absolute Gasteiger partial charge is 0.360 e. The van der Waals surface area contributed by atoms with Crippen LogP contribution in [0.1, 0.15) is 16.2 Å². The van der Waals surface area contributed by atoms with Crippen molar-refractivity contribution in [1.29, 1.82) is 0 Å². The number of carbonyl (C=O) groups is 1. The lowest BCUT2D eigenvalue weighted by Gasteiger charge is -2.10. The van der Waals surface area contributed by atoms with Crippen LogP contribution in [0.3, 0.4) is 0 Å². The van der Waals surface area contributed by atoms with Crippen LogP contribution in [0.2, 0.25) is 5.02 Å². The molecule has 0 fully saturated rings. The third-order valence-corrected chi connectivity index (χ3v) is 3.60. The van der Waals surface area contributed by atoms with Crippen molar-refractivity contribution in [1.82, 2.24) is 9.97 Å². The summed E-state index contributed by atoms with van der Waals surface area (Å²) < 4.78 is 10.3. The molecule has 0 saturated heterocycles. The summed E-state index contributed by atoms with van der Waals surface area (Å²) in [7, 11) is 1.23. The zero-order chi connectivity index (χ0) is 17.3. The number of hydrogen-bond donors (Lipinski definition) is 1. The van der Waals surface area contributed by atoms with E-state index in [-0.39, 0.29) is 11.4 Å². The van der Waals surface area contributed by atoms with Gasteiger partial charge in [-0.25, -0.2) is 14.8 Å². The molecule has 3 aromatic rings. The quantitative estimate of drug-likeness (QED) is 0.726. The van der Waals surface area contributed by atoms with E-state index in [4.69, 9.17) is 16.3 Å². The second-order valence-electron chi connectivity index (χ2n) is 4.99. The van der Waals surface area contributed by atoms with E-state index >= 15 is 0 Å². The lowest BCUT2D eigenvalue weighted by atomic mass is 10.1.